The lowest BCUT2D eigenvalue weighted by molar-refractivity contribution is 0.112. The van der Waals surface area contributed by atoms with Crippen LogP contribution < -0.4 is 0 Å². The molecule has 0 saturated carbocycles. The van der Waals surface area contributed by atoms with E-state index >= 15 is 0 Å². The summed E-state index contributed by atoms with van der Waals surface area (Å²) in [7, 11) is 0. The van der Waals surface area contributed by atoms with E-state index in [0.29, 0.717) is 5.56 Å². The van der Waals surface area contributed by atoms with Gasteiger partial charge in [0.15, 0.2) is 6.29 Å². The molecule has 0 unspecified atom stereocenters. The molecular formula is C19H11ClO. The number of halogens is 1. The molecule has 0 saturated heterocycles. The van der Waals surface area contributed by atoms with E-state index in [-0.39, 0.29) is 0 Å². The Kier molecular flexibility index (Phi) is 2.69. The van der Waals surface area contributed by atoms with Crippen molar-refractivity contribution in [1.29, 1.82) is 0 Å². The van der Waals surface area contributed by atoms with Gasteiger partial charge in [0.2, 0.25) is 0 Å². The van der Waals surface area contributed by atoms with Gasteiger partial charge < -0.3 is 0 Å². The third-order valence-electron chi connectivity index (χ3n) is 3.99. The Hall–Kier alpha value is -2.38. The maximum absolute atomic E-state index is 11.4. The fraction of sp³-hybridized carbons (Fsp3) is 0. The number of hydrogen-bond donors (Lipinski definition) is 0. The van der Waals surface area contributed by atoms with Crippen molar-refractivity contribution in [2.75, 3.05) is 0 Å². The molecule has 0 bridgehead atoms. The van der Waals surface area contributed by atoms with Crippen LogP contribution in [0, 0.1) is 0 Å². The van der Waals surface area contributed by atoms with Crippen LogP contribution in [0.2, 0.25) is 5.02 Å². The van der Waals surface area contributed by atoms with Gasteiger partial charge in [0, 0.05) is 16.0 Å². The minimum atomic E-state index is 0.713. The topological polar surface area (TPSA) is 17.1 Å². The molecule has 4 rings (SSSR count). The summed E-state index contributed by atoms with van der Waals surface area (Å²) in [6.45, 7) is 0. The van der Waals surface area contributed by atoms with Crippen molar-refractivity contribution >= 4 is 50.2 Å². The first-order valence-electron chi connectivity index (χ1n) is 6.77. The molecule has 0 radical (unpaired) electrons. The molecule has 0 aliphatic rings. The number of carbonyl (C=O) groups excluding carboxylic acids is 1. The normalized spacial score (nSPS) is 11.3. The van der Waals surface area contributed by atoms with Crippen LogP contribution in [0.1, 0.15) is 10.4 Å². The van der Waals surface area contributed by atoms with Crippen LogP contribution in [-0.2, 0) is 0 Å². The first-order chi connectivity index (χ1) is 10.3. The van der Waals surface area contributed by atoms with Crippen LogP contribution in [-0.4, -0.2) is 6.29 Å². The first kappa shape index (κ1) is 12.4. The van der Waals surface area contributed by atoms with Gasteiger partial charge in [-0.05, 0) is 39.1 Å². The standard InChI is InChI=1S/C19H11ClO/c20-19-10-18-14-6-2-1-5-13(14)12(11-21)9-17(18)15-7-3-4-8-16(15)19/h1-11H. The number of rotatable bonds is 1. The van der Waals surface area contributed by atoms with Gasteiger partial charge in [-0.2, -0.15) is 0 Å². The smallest absolute Gasteiger partial charge is 0.150 e. The third kappa shape index (κ3) is 1.75. The summed E-state index contributed by atoms with van der Waals surface area (Å²) in [6.07, 6.45) is 0.922. The van der Waals surface area contributed by atoms with Crippen molar-refractivity contribution in [3.8, 4) is 0 Å². The monoisotopic (exact) mass is 290 g/mol. The Balaban J connectivity index is 2.36. The van der Waals surface area contributed by atoms with Gasteiger partial charge in [-0.25, -0.2) is 0 Å². The summed E-state index contributed by atoms with van der Waals surface area (Å²) in [5.74, 6) is 0. The Morgan fingerprint density at radius 1 is 0.667 bits per heavy atom. The lowest BCUT2D eigenvalue weighted by atomic mass is 9.94. The Morgan fingerprint density at radius 2 is 1.19 bits per heavy atom. The summed E-state index contributed by atoms with van der Waals surface area (Å²) in [5.41, 5.74) is 0.713. The molecule has 0 N–H and O–H groups in total. The van der Waals surface area contributed by atoms with Crippen LogP contribution in [0.3, 0.4) is 0 Å². The molecule has 4 aromatic rings. The highest BCUT2D eigenvalue weighted by molar-refractivity contribution is 6.38. The molecule has 0 fully saturated rings. The molecule has 0 heterocycles. The largest absolute Gasteiger partial charge is 0.298 e. The fourth-order valence-corrected chi connectivity index (χ4v) is 3.31. The highest BCUT2D eigenvalue weighted by atomic mass is 35.5. The summed E-state index contributed by atoms with van der Waals surface area (Å²) in [6, 6.07) is 19.9. The SMILES string of the molecule is O=Cc1cc2c3ccccc3c(Cl)cc2c2ccccc12. The second-order valence-electron chi connectivity index (χ2n) is 5.13. The molecule has 0 aromatic heterocycles. The van der Waals surface area contributed by atoms with Crippen molar-refractivity contribution in [2.45, 2.75) is 0 Å². The number of benzene rings is 4. The van der Waals surface area contributed by atoms with E-state index in [0.717, 1.165) is 43.6 Å². The van der Waals surface area contributed by atoms with Gasteiger partial charge >= 0.3 is 0 Å². The van der Waals surface area contributed by atoms with Crippen molar-refractivity contribution in [3.05, 3.63) is 71.2 Å². The average Bonchev–Trinajstić information content (AvgIpc) is 2.55. The van der Waals surface area contributed by atoms with Gasteiger partial charge in [0.1, 0.15) is 0 Å². The van der Waals surface area contributed by atoms with Crippen LogP contribution in [0.15, 0.2) is 60.7 Å². The summed E-state index contributed by atoms with van der Waals surface area (Å²) < 4.78 is 0. The zero-order valence-corrected chi connectivity index (χ0v) is 11.9. The molecule has 0 amide bonds. The van der Waals surface area contributed by atoms with Gasteiger partial charge in [0.05, 0.1) is 0 Å². The Bertz CT molecular complexity index is 1020. The molecule has 0 spiro atoms. The van der Waals surface area contributed by atoms with E-state index in [1.54, 1.807) is 0 Å². The Labute approximate surface area is 126 Å². The number of aldehydes is 1. The predicted molar refractivity (Wildman–Crippen MR) is 89.4 cm³/mol. The molecule has 21 heavy (non-hydrogen) atoms. The number of fused-ring (bicyclic) bond motifs is 5. The zero-order chi connectivity index (χ0) is 14.4. The fourth-order valence-electron chi connectivity index (χ4n) is 3.03. The highest BCUT2D eigenvalue weighted by Crippen LogP contribution is 2.36. The van der Waals surface area contributed by atoms with Crippen molar-refractivity contribution in [1.82, 2.24) is 0 Å². The number of hydrogen-bond acceptors (Lipinski definition) is 1. The van der Waals surface area contributed by atoms with Gasteiger partial charge in [0.25, 0.3) is 0 Å². The zero-order valence-electron chi connectivity index (χ0n) is 11.1. The van der Waals surface area contributed by atoms with E-state index in [2.05, 4.69) is 0 Å². The molecule has 4 aromatic carbocycles. The Morgan fingerprint density at radius 3 is 1.86 bits per heavy atom. The summed E-state index contributed by atoms with van der Waals surface area (Å²) >= 11 is 6.44. The molecule has 0 aliphatic carbocycles. The minimum absolute atomic E-state index is 0.713. The van der Waals surface area contributed by atoms with E-state index in [4.69, 9.17) is 11.6 Å². The molecule has 1 nitrogen and oxygen atoms in total. The van der Waals surface area contributed by atoms with Crippen LogP contribution in [0.5, 0.6) is 0 Å². The van der Waals surface area contributed by atoms with Crippen molar-refractivity contribution in [3.63, 3.8) is 0 Å². The second-order valence-corrected chi connectivity index (χ2v) is 5.54. The minimum Gasteiger partial charge on any atom is -0.298 e. The third-order valence-corrected chi connectivity index (χ3v) is 4.30. The van der Waals surface area contributed by atoms with Gasteiger partial charge in [-0.3, -0.25) is 4.79 Å². The maximum atomic E-state index is 11.4. The highest BCUT2D eigenvalue weighted by Gasteiger charge is 2.10. The summed E-state index contributed by atoms with van der Waals surface area (Å²) in [5, 5.41) is 7.00. The maximum Gasteiger partial charge on any atom is 0.150 e. The molecular weight excluding hydrogens is 280 g/mol. The van der Waals surface area contributed by atoms with E-state index < -0.39 is 0 Å². The van der Waals surface area contributed by atoms with Gasteiger partial charge in [-0.15, -0.1) is 0 Å². The van der Waals surface area contributed by atoms with Crippen LogP contribution in [0.4, 0.5) is 0 Å². The average molecular weight is 291 g/mol. The van der Waals surface area contributed by atoms with Crippen LogP contribution in [0.25, 0.3) is 32.3 Å². The van der Waals surface area contributed by atoms with Crippen LogP contribution >= 0.6 is 11.6 Å². The quantitative estimate of drug-likeness (QED) is 0.329. The van der Waals surface area contributed by atoms with E-state index in [9.17, 15) is 4.79 Å². The molecule has 2 heteroatoms. The van der Waals surface area contributed by atoms with E-state index in [1.165, 1.54) is 0 Å². The lowest BCUT2D eigenvalue weighted by Gasteiger charge is -2.11. The van der Waals surface area contributed by atoms with Crippen molar-refractivity contribution < 1.29 is 4.79 Å². The van der Waals surface area contributed by atoms with Gasteiger partial charge in [-0.1, -0.05) is 60.1 Å². The van der Waals surface area contributed by atoms with Crippen molar-refractivity contribution in [2.24, 2.45) is 0 Å². The molecule has 100 valence electrons. The summed E-state index contributed by atoms with van der Waals surface area (Å²) in [4.78, 5) is 11.4. The molecule has 0 atom stereocenters. The second kappa shape index (κ2) is 4.57. The predicted octanol–water partition coefficient (Wildman–Crippen LogP) is 5.61. The first-order valence-corrected chi connectivity index (χ1v) is 7.15. The molecule has 0 aliphatic heterocycles. The lowest BCUT2D eigenvalue weighted by Crippen LogP contribution is -1.88. The van der Waals surface area contributed by atoms with E-state index in [1.807, 2.05) is 60.7 Å². The number of carbonyl (C=O) groups is 1.